The fraction of sp³-hybridized carbons (Fsp3) is 0.188. The van der Waals surface area contributed by atoms with Crippen LogP contribution in [0.1, 0.15) is 34.5 Å². The Labute approximate surface area is 122 Å². The Hall–Kier alpha value is -1.61. The lowest BCUT2D eigenvalue weighted by molar-refractivity contribution is 0.0939. The Morgan fingerprint density at radius 2 is 1.84 bits per heavy atom. The van der Waals surface area contributed by atoms with Crippen LogP contribution < -0.4 is 5.32 Å². The van der Waals surface area contributed by atoms with E-state index in [-0.39, 0.29) is 11.9 Å². The SMILES string of the molecule is Cc1ccc(Br)cc1C(=O)NC(C)c1ccccc1. The van der Waals surface area contributed by atoms with Crippen LogP contribution >= 0.6 is 15.9 Å². The predicted molar refractivity (Wildman–Crippen MR) is 81.2 cm³/mol. The molecular weight excluding hydrogens is 302 g/mol. The number of aryl methyl sites for hydroxylation is 1. The van der Waals surface area contributed by atoms with Gasteiger partial charge in [-0.15, -0.1) is 0 Å². The van der Waals surface area contributed by atoms with Crippen LogP contribution in [-0.2, 0) is 0 Å². The molecule has 2 nitrogen and oxygen atoms in total. The van der Waals surface area contributed by atoms with Gasteiger partial charge in [0.15, 0.2) is 0 Å². The zero-order valence-electron chi connectivity index (χ0n) is 11.0. The molecular formula is C16H16BrNO. The molecule has 0 saturated heterocycles. The second kappa shape index (κ2) is 6.02. The maximum absolute atomic E-state index is 12.3. The van der Waals surface area contributed by atoms with Crippen molar-refractivity contribution < 1.29 is 4.79 Å². The highest BCUT2D eigenvalue weighted by atomic mass is 79.9. The third kappa shape index (κ3) is 3.44. The molecule has 0 aromatic heterocycles. The molecule has 0 aliphatic carbocycles. The first-order valence-corrected chi connectivity index (χ1v) is 6.99. The topological polar surface area (TPSA) is 29.1 Å². The molecule has 19 heavy (non-hydrogen) atoms. The molecule has 2 aromatic rings. The molecule has 2 rings (SSSR count). The quantitative estimate of drug-likeness (QED) is 0.901. The number of amides is 1. The lowest BCUT2D eigenvalue weighted by atomic mass is 10.1. The zero-order valence-corrected chi connectivity index (χ0v) is 12.6. The molecule has 0 aliphatic heterocycles. The van der Waals surface area contributed by atoms with Gasteiger partial charge in [0, 0.05) is 10.0 Å². The fourth-order valence-electron chi connectivity index (χ4n) is 1.94. The van der Waals surface area contributed by atoms with E-state index in [1.165, 1.54) is 0 Å². The largest absolute Gasteiger partial charge is 0.346 e. The van der Waals surface area contributed by atoms with Gasteiger partial charge in [-0.2, -0.15) is 0 Å². The zero-order chi connectivity index (χ0) is 13.8. The van der Waals surface area contributed by atoms with Crippen molar-refractivity contribution in [1.82, 2.24) is 5.32 Å². The van der Waals surface area contributed by atoms with E-state index in [0.29, 0.717) is 5.56 Å². The molecule has 1 unspecified atom stereocenters. The molecule has 1 atom stereocenters. The summed E-state index contributed by atoms with van der Waals surface area (Å²) in [7, 11) is 0. The van der Waals surface area contributed by atoms with E-state index in [0.717, 1.165) is 15.6 Å². The highest BCUT2D eigenvalue weighted by molar-refractivity contribution is 9.10. The summed E-state index contributed by atoms with van der Waals surface area (Å²) in [5.41, 5.74) is 2.78. The second-order valence-electron chi connectivity index (χ2n) is 4.57. The molecule has 98 valence electrons. The van der Waals surface area contributed by atoms with Gasteiger partial charge in [0.2, 0.25) is 0 Å². The second-order valence-corrected chi connectivity index (χ2v) is 5.48. The van der Waals surface area contributed by atoms with Gasteiger partial charge in [-0.25, -0.2) is 0 Å². The molecule has 0 saturated carbocycles. The third-order valence-electron chi connectivity index (χ3n) is 3.09. The summed E-state index contributed by atoms with van der Waals surface area (Å²) >= 11 is 3.40. The number of hydrogen-bond donors (Lipinski definition) is 1. The van der Waals surface area contributed by atoms with Crippen LogP contribution in [0.5, 0.6) is 0 Å². The van der Waals surface area contributed by atoms with Crippen molar-refractivity contribution >= 4 is 21.8 Å². The monoisotopic (exact) mass is 317 g/mol. The van der Waals surface area contributed by atoms with Gasteiger partial charge in [-0.3, -0.25) is 4.79 Å². The first-order chi connectivity index (χ1) is 9.08. The van der Waals surface area contributed by atoms with Gasteiger partial charge in [0.1, 0.15) is 0 Å². The van der Waals surface area contributed by atoms with Crippen LogP contribution in [0.3, 0.4) is 0 Å². The molecule has 0 bridgehead atoms. The Bertz CT molecular complexity index is 581. The number of halogens is 1. The normalized spacial score (nSPS) is 11.9. The Balaban J connectivity index is 2.15. The van der Waals surface area contributed by atoms with Gasteiger partial charge in [0.05, 0.1) is 6.04 Å². The van der Waals surface area contributed by atoms with E-state index in [9.17, 15) is 4.79 Å². The Morgan fingerprint density at radius 1 is 1.16 bits per heavy atom. The molecule has 2 aromatic carbocycles. The number of benzene rings is 2. The first kappa shape index (κ1) is 13.8. The third-order valence-corrected chi connectivity index (χ3v) is 3.58. The van der Waals surface area contributed by atoms with Crippen molar-refractivity contribution in [2.45, 2.75) is 19.9 Å². The highest BCUT2D eigenvalue weighted by Gasteiger charge is 2.13. The lowest BCUT2D eigenvalue weighted by Crippen LogP contribution is -2.27. The average molecular weight is 318 g/mol. The first-order valence-electron chi connectivity index (χ1n) is 6.20. The van der Waals surface area contributed by atoms with Crippen molar-refractivity contribution in [2.24, 2.45) is 0 Å². The van der Waals surface area contributed by atoms with Crippen LogP contribution in [0.2, 0.25) is 0 Å². The van der Waals surface area contributed by atoms with Gasteiger partial charge in [-0.05, 0) is 37.1 Å². The van der Waals surface area contributed by atoms with Crippen molar-refractivity contribution in [1.29, 1.82) is 0 Å². The van der Waals surface area contributed by atoms with Crippen LogP contribution in [0.15, 0.2) is 53.0 Å². The maximum atomic E-state index is 12.3. The van der Waals surface area contributed by atoms with E-state index >= 15 is 0 Å². The number of hydrogen-bond acceptors (Lipinski definition) is 1. The van der Waals surface area contributed by atoms with Crippen LogP contribution in [-0.4, -0.2) is 5.91 Å². The Kier molecular flexibility index (Phi) is 4.38. The minimum atomic E-state index is -0.0462. The van der Waals surface area contributed by atoms with Crippen LogP contribution in [0.25, 0.3) is 0 Å². The van der Waals surface area contributed by atoms with Crippen molar-refractivity contribution in [3.05, 3.63) is 69.7 Å². The number of nitrogens with one attached hydrogen (secondary N) is 1. The molecule has 0 aliphatic rings. The predicted octanol–water partition coefficient (Wildman–Crippen LogP) is 4.25. The molecule has 0 fully saturated rings. The number of carbonyl (C=O) groups is 1. The smallest absolute Gasteiger partial charge is 0.252 e. The molecule has 1 amide bonds. The van der Waals surface area contributed by atoms with E-state index in [2.05, 4.69) is 21.2 Å². The standard InChI is InChI=1S/C16H16BrNO/c1-11-8-9-14(17)10-15(11)16(19)18-12(2)13-6-4-3-5-7-13/h3-10,12H,1-2H3,(H,18,19). The van der Waals surface area contributed by atoms with Gasteiger partial charge < -0.3 is 5.32 Å². The summed E-state index contributed by atoms with van der Waals surface area (Å²) in [6.07, 6.45) is 0. The molecule has 3 heteroatoms. The summed E-state index contributed by atoms with van der Waals surface area (Å²) in [6.45, 7) is 3.93. The van der Waals surface area contributed by atoms with E-state index in [1.807, 2.05) is 62.4 Å². The summed E-state index contributed by atoms with van der Waals surface area (Å²) < 4.78 is 0.913. The molecule has 1 N–H and O–H groups in total. The van der Waals surface area contributed by atoms with Crippen molar-refractivity contribution in [3.63, 3.8) is 0 Å². The van der Waals surface area contributed by atoms with Crippen LogP contribution in [0.4, 0.5) is 0 Å². The summed E-state index contributed by atoms with van der Waals surface area (Å²) in [5.74, 6) is -0.0462. The fourth-order valence-corrected chi connectivity index (χ4v) is 2.30. The molecule has 0 radical (unpaired) electrons. The van der Waals surface area contributed by atoms with Crippen molar-refractivity contribution in [3.8, 4) is 0 Å². The number of carbonyl (C=O) groups excluding carboxylic acids is 1. The number of rotatable bonds is 3. The molecule has 0 heterocycles. The lowest BCUT2D eigenvalue weighted by Gasteiger charge is -2.15. The average Bonchev–Trinajstić information content (AvgIpc) is 2.42. The van der Waals surface area contributed by atoms with E-state index in [1.54, 1.807) is 0 Å². The van der Waals surface area contributed by atoms with Gasteiger partial charge in [0.25, 0.3) is 5.91 Å². The van der Waals surface area contributed by atoms with Gasteiger partial charge in [-0.1, -0.05) is 52.3 Å². The summed E-state index contributed by atoms with van der Waals surface area (Å²) in [5, 5.41) is 3.02. The van der Waals surface area contributed by atoms with Crippen molar-refractivity contribution in [2.75, 3.05) is 0 Å². The van der Waals surface area contributed by atoms with E-state index < -0.39 is 0 Å². The minimum Gasteiger partial charge on any atom is -0.346 e. The summed E-state index contributed by atoms with van der Waals surface area (Å²) in [6, 6.07) is 15.7. The van der Waals surface area contributed by atoms with Gasteiger partial charge >= 0.3 is 0 Å². The van der Waals surface area contributed by atoms with E-state index in [4.69, 9.17) is 0 Å². The Morgan fingerprint density at radius 3 is 2.53 bits per heavy atom. The maximum Gasteiger partial charge on any atom is 0.252 e. The molecule has 0 spiro atoms. The highest BCUT2D eigenvalue weighted by Crippen LogP contribution is 2.18. The summed E-state index contributed by atoms with van der Waals surface area (Å²) in [4.78, 5) is 12.3. The van der Waals surface area contributed by atoms with Crippen LogP contribution in [0, 0.1) is 6.92 Å². The minimum absolute atomic E-state index is 0.00733.